The molecule has 1 rings (SSSR count). The summed E-state index contributed by atoms with van der Waals surface area (Å²) in [6, 6.07) is -0.515. The molecule has 15 heavy (non-hydrogen) atoms. The highest BCUT2D eigenvalue weighted by molar-refractivity contribution is 5.81. The van der Waals surface area contributed by atoms with Crippen molar-refractivity contribution in [1.82, 2.24) is 5.32 Å². The third-order valence-electron chi connectivity index (χ3n) is 2.99. The van der Waals surface area contributed by atoms with E-state index in [4.69, 9.17) is 5.73 Å². The number of rotatable bonds is 4. The SMILES string of the molecule is CCC[C@@H](N)C(=O)NC1CCCCC1O. The highest BCUT2D eigenvalue weighted by Gasteiger charge is 2.25. The van der Waals surface area contributed by atoms with Gasteiger partial charge in [0, 0.05) is 0 Å². The highest BCUT2D eigenvalue weighted by Crippen LogP contribution is 2.18. The van der Waals surface area contributed by atoms with E-state index in [2.05, 4.69) is 5.32 Å². The third kappa shape index (κ3) is 3.80. The van der Waals surface area contributed by atoms with Crippen molar-refractivity contribution in [2.24, 2.45) is 5.73 Å². The van der Waals surface area contributed by atoms with Crippen molar-refractivity contribution in [3.63, 3.8) is 0 Å². The number of carbonyl (C=O) groups excluding carboxylic acids is 1. The Hall–Kier alpha value is -0.610. The quantitative estimate of drug-likeness (QED) is 0.639. The van der Waals surface area contributed by atoms with Crippen molar-refractivity contribution in [3.05, 3.63) is 0 Å². The molecule has 0 saturated heterocycles. The Morgan fingerprint density at radius 2 is 2.20 bits per heavy atom. The number of nitrogens with one attached hydrogen (secondary N) is 1. The van der Waals surface area contributed by atoms with Crippen LogP contribution >= 0.6 is 0 Å². The van der Waals surface area contributed by atoms with Crippen molar-refractivity contribution >= 4 is 5.91 Å². The predicted octanol–water partition coefficient (Wildman–Crippen LogP) is 0.533. The van der Waals surface area contributed by atoms with Crippen LogP contribution in [0.2, 0.25) is 0 Å². The minimum absolute atomic E-state index is 0.0887. The Kier molecular flexibility index (Phi) is 5.05. The molecule has 0 bridgehead atoms. The van der Waals surface area contributed by atoms with E-state index in [1.165, 1.54) is 0 Å². The molecule has 1 aliphatic rings. The molecule has 1 aliphatic carbocycles. The second-order valence-electron chi connectivity index (χ2n) is 4.36. The maximum atomic E-state index is 11.6. The molecule has 0 spiro atoms. The lowest BCUT2D eigenvalue weighted by Gasteiger charge is -2.29. The predicted molar refractivity (Wildman–Crippen MR) is 59.3 cm³/mol. The molecular weight excluding hydrogens is 192 g/mol. The number of hydrogen-bond acceptors (Lipinski definition) is 3. The van der Waals surface area contributed by atoms with Crippen LogP contribution in [0.3, 0.4) is 0 Å². The fourth-order valence-corrected chi connectivity index (χ4v) is 2.01. The average Bonchev–Trinajstić information content (AvgIpc) is 2.21. The van der Waals surface area contributed by atoms with Crippen molar-refractivity contribution in [2.75, 3.05) is 0 Å². The zero-order chi connectivity index (χ0) is 11.3. The maximum absolute atomic E-state index is 11.6. The van der Waals surface area contributed by atoms with Crippen molar-refractivity contribution < 1.29 is 9.90 Å². The van der Waals surface area contributed by atoms with Gasteiger partial charge in [-0.1, -0.05) is 26.2 Å². The van der Waals surface area contributed by atoms with Gasteiger partial charge in [-0.25, -0.2) is 0 Å². The molecule has 4 nitrogen and oxygen atoms in total. The number of aliphatic hydroxyl groups excluding tert-OH is 1. The van der Waals surface area contributed by atoms with E-state index < -0.39 is 12.1 Å². The van der Waals surface area contributed by atoms with Gasteiger partial charge < -0.3 is 16.2 Å². The lowest BCUT2D eigenvalue weighted by molar-refractivity contribution is -0.124. The fraction of sp³-hybridized carbons (Fsp3) is 0.909. The Morgan fingerprint density at radius 1 is 1.53 bits per heavy atom. The first kappa shape index (κ1) is 12.5. The number of aliphatic hydroxyl groups is 1. The molecule has 4 heteroatoms. The normalized spacial score (nSPS) is 28.5. The Morgan fingerprint density at radius 3 is 2.80 bits per heavy atom. The lowest BCUT2D eigenvalue weighted by Crippen LogP contribution is -2.50. The summed E-state index contributed by atoms with van der Waals surface area (Å²) in [5.74, 6) is -0.122. The summed E-state index contributed by atoms with van der Waals surface area (Å²) >= 11 is 0. The van der Waals surface area contributed by atoms with Gasteiger partial charge in [-0.15, -0.1) is 0 Å². The summed E-state index contributed by atoms with van der Waals surface area (Å²) in [6.07, 6.45) is 4.99. The fourth-order valence-electron chi connectivity index (χ4n) is 2.01. The van der Waals surface area contributed by atoms with E-state index in [0.717, 1.165) is 32.1 Å². The Labute approximate surface area is 91.2 Å². The molecule has 0 aromatic heterocycles. The Bertz CT molecular complexity index is 209. The molecule has 0 aromatic carbocycles. The topological polar surface area (TPSA) is 75.4 Å². The number of carbonyl (C=O) groups is 1. The van der Waals surface area contributed by atoms with Crippen LogP contribution in [0.4, 0.5) is 0 Å². The standard InChI is InChI=1S/C11H22N2O2/c1-2-5-8(12)11(15)13-9-6-3-4-7-10(9)14/h8-10,14H,2-7,12H2,1H3,(H,13,15)/t8-,9?,10?/m1/s1. The summed E-state index contributed by atoms with van der Waals surface area (Å²) < 4.78 is 0. The van der Waals surface area contributed by atoms with Gasteiger partial charge in [0.2, 0.25) is 5.91 Å². The van der Waals surface area contributed by atoms with Gasteiger partial charge in [-0.2, -0.15) is 0 Å². The van der Waals surface area contributed by atoms with Crippen LogP contribution in [0.25, 0.3) is 0 Å². The van der Waals surface area contributed by atoms with Gasteiger partial charge in [-0.05, 0) is 19.3 Å². The van der Waals surface area contributed by atoms with E-state index in [0.29, 0.717) is 6.42 Å². The third-order valence-corrected chi connectivity index (χ3v) is 2.99. The van der Waals surface area contributed by atoms with Crippen LogP contribution in [0, 0.1) is 0 Å². The van der Waals surface area contributed by atoms with Gasteiger partial charge >= 0.3 is 0 Å². The Balaban J connectivity index is 2.35. The summed E-state index contributed by atoms with van der Waals surface area (Å²) in [5.41, 5.74) is 5.70. The molecular formula is C11H22N2O2. The molecule has 2 unspecified atom stereocenters. The van der Waals surface area contributed by atoms with Crippen LogP contribution in [-0.4, -0.2) is 29.2 Å². The molecule has 1 fully saturated rings. The van der Waals surface area contributed by atoms with E-state index >= 15 is 0 Å². The molecule has 1 saturated carbocycles. The molecule has 0 heterocycles. The molecule has 0 aromatic rings. The average molecular weight is 214 g/mol. The van der Waals surface area contributed by atoms with E-state index in [1.54, 1.807) is 0 Å². The smallest absolute Gasteiger partial charge is 0.237 e. The highest BCUT2D eigenvalue weighted by atomic mass is 16.3. The summed E-state index contributed by atoms with van der Waals surface area (Å²) in [5, 5.41) is 12.5. The van der Waals surface area contributed by atoms with E-state index in [1.807, 2.05) is 6.92 Å². The van der Waals surface area contributed by atoms with Crippen LogP contribution in [0.1, 0.15) is 45.4 Å². The van der Waals surface area contributed by atoms with E-state index in [-0.39, 0.29) is 11.9 Å². The maximum Gasteiger partial charge on any atom is 0.237 e. The minimum atomic E-state index is -0.427. The zero-order valence-corrected chi connectivity index (χ0v) is 9.41. The molecule has 4 N–H and O–H groups in total. The number of amides is 1. The van der Waals surface area contributed by atoms with Crippen LogP contribution in [0.5, 0.6) is 0 Å². The molecule has 0 radical (unpaired) electrons. The molecule has 0 aliphatic heterocycles. The van der Waals surface area contributed by atoms with Crippen LogP contribution in [-0.2, 0) is 4.79 Å². The van der Waals surface area contributed by atoms with Gasteiger partial charge in [0.05, 0.1) is 18.2 Å². The zero-order valence-electron chi connectivity index (χ0n) is 9.41. The largest absolute Gasteiger partial charge is 0.391 e. The first-order valence-electron chi connectivity index (χ1n) is 5.89. The summed E-state index contributed by atoms with van der Waals surface area (Å²) in [4.78, 5) is 11.6. The first-order chi connectivity index (χ1) is 7.15. The van der Waals surface area contributed by atoms with Crippen LogP contribution in [0.15, 0.2) is 0 Å². The van der Waals surface area contributed by atoms with Gasteiger partial charge in [-0.3, -0.25) is 4.79 Å². The summed E-state index contributed by atoms with van der Waals surface area (Å²) in [7, 11) is 0. The van der Waals surface area contributed by atoms with Crippen LogP contribution < -0.4 is 11.1 Å². The number of hydrogen-bond donors (Lipinski definition) is 3. The van der Waals surface area contributed by atoms with E-state index in [9.17, 15) is 9.90 Å². The van der Waals surface area contributed by atoms with Crippen molar-refractivity contribution in [1.29, 1.82) is 0 Å². The summed E-state index contributed by atoms with van der Waals surface area (Å²) in [6.45, 7) is 2.00. The molecule has 1 amide bonds. The molecule has 3 atom stereocenters. The second-order valence-corrected chi connectivity index (χ2v) is 4.36. The number of nitrogens with two attached hydrogens (primary N) is 1. The van der Waals surface area contributed by atoms with Gasteiger partial charge in [0.15, 0.2) is 0 Å². The molecule has 88 valence electrons. The van der Waals surface area contributed by atoms with Gasteiger partial charge in [0.25, 0.3) is 0 Å². The van der Waals surface area contributed by atoms with Gasteiger partial charge in [0.1, 0.15) is 0 Å². The second kappa shape index (κ2) is 6.08. The van der Waals surface area contributed by atoms with Crippen molar-refractivity contribution in [2.45, 2.75) is 63.6 Å². The monoisotopic (exact) mass is 214 g/mol. The lowest BCUT2D eigenvalue weighted by atomic mass is 9.92. The minimum Gasteiger partial charge on any atom is -0.391 e. The van der Waals surface area contributed by atoms with Crippen molar-refractivity contribution in [3.8, 4) is 0 Å². The first-order valence-corrected chi connectivity index (χ1v) is 5.89.